The summed E-state index contributed by atoms with van der Waals surface area (Å²) in [4.78, 5) is 28.2. The summed E-state index contributed by atoms with van der Waals surface area (Å²) in [5, 5.41) is 2.92. The number of benzene rings is 1. The Kier molecular flexibility index (Phi) is 5.59. The number of nitrogens with one attached hydrogen (secondary N) is 1. The highest BCUT2D eigenvalue weighted by Gasteiger charge is 2.19. The van der Waals surface area contributed by atoms with Crippen molar-refractivity contribution >= 4 is 28.6 Å². The molecule has 2 heterocycles. The van der Waals surface area contributed by atoms with Crippen molar-refractivity contribution in [2.75, 3.05) is 36.5 Å². The lowest BCUT2D eigenvalue weighted by molar-refractivity contribution is -0.116. The van der Waals surface area contributed by atoms with Gasteiger partial charge in [0.15, 0.2) is 0 Å². The molecular formula is C20H25N3O3S. The number of rotatable bonds is 4. The molecule has 1 aliphatic carbocycles. The summed E-state index contributed by atoms with van der Waals surface area (Å²) in [6.45, 7) is 3.36. The van der Waals surface area contributed by atoms with E-state index in [9.17, 15) is 9.59 Å². The van der Waals surface area contributed by atoms with Gasteiger partial charge in [0.1, 0.15) is 6.54 Å². The Morgan fingerprint density at radius 2 is 1.81 bits per heavy atom. The maximum absolute atomic E-state index is 12.5. The van der Waals surface area contributed by atoms with Crippen LogP contribution in [-0.4, -0.2) is 36.8 Å². The average Bonchev–Trinajstić information content (AvgIpc) is 2.85. The second kappa shape index (κ2) is 8.27. The van der Waals surface area contributed by atoms with Gasteiger partial charge in [-0.15, -0.1) is 0 Å². The van der Waals surface area contributed by atoms with Crippen LogP contribution < -0.4 is 15.1 Å². The third-order valence-electron chi connectivity index (χ3n) is 5.23. The fourth-order valence-electron chi connectivity index (χ4n) is 3.79. The molecule has 2 aromatic rings. The zero-order valence-electron chi connectivity index (χ0n) is 15.4. The lowest BCUT2D eigenvalue weighted by Gasteiger charge is -2.28. The summed E-state index contributed by atoms with van der Waals surface area (Å²) < 4.78 is 7.05. The Bertz CT molecular complexity index is 850. The highest BCUT2D eigenvalue weighted by Crippen LogP contribution is 2.23. The molecule has 0 saturated carbocycles. The molecule has 2 aliphatic rings. The lowest BCUT2D eigenvalue weighted by atomic mass is 10.2. The minimum absolute atomic E-state index is 0.0142. The van der Waals surface area contributed by atoms with Crippen molar-refractivity contribution in [1.29, 1.82) is 0 Å². The van der Waals surface area contributed by atoms with Crippen molar-refractivity contribution in [3.05, 3.63) is 44.5 Å². The van der Waals surface area contributed by atoms with Crippen LogP contribution in [0.4, 0.5) is 11.4 Å². The third-order valence-corrected chi connectivity index (χ3v) is 6.31. The molecule has 1 amide bonds. The molecule has 1 N–H and O–H groups in total. The third kappa shape index (κ3) is 4.25. The molecule has 1 aromatic carbocycles. The maximum Gasteiger partial charge on any atom is 0.308 e. The van der Waals surface area contributed by atoms with Crippen molar-refractivity contribution in [2.24, 2.45) is 0 Å². The Hall–Kier alpha value is -2.12. The molecule has 144 valence electrons. The van der Waals surface area contributed by atoms with Crippen molar-refractivity contribution in [3.8, 4) is 0 Å². The Morgan fingerprint density at radius 3 is 2.59 bits per heavy atom. The summed E-state index contributed by atoms with van der Waals surface area (Å²) in [5.74, 6) is -0.152. The molecule has 1 saturated heterocycles. The first-order valence-electron chi connectivity index (χ1n) is 9.65. The summed E-state index contributed by atoms with van der Waals surface area (Å²) in [6, 6.07) is 7.87. The molecule has 0 atom stereocenters. The van der Waals surface area contributed by atoms with Crippen LogP contribution in [-0.2, 0) is 28.9 Å². The van der Waals surface area contributed by atoms with E-state index in [-0.39, 0.29) is 17.3 Å². The van der Waals surface area contributed by atoms with E-state index in [1.165, 1.54) is 22.6 Å². The molecule has 27 heavy (non-hydrogen) atoms. The summed E-state index contributed by atoms with van der Waals surface area (Å²) in [7, 11) is 0. The van der Waals surface area contributed by atoms with Gasteiger partial charge in [0.05, 0.1) is 13.2 Å². The highest BCUT2D eigenvalue weighted by molar-refractivity contribution is 7.09. The van der Waals surface area contributed by atoms with Crippen LogP contribution in [0, 0.1) is 0 Å². The average molecular weight is 388 g/mol. The topological polar surface area (TPSA) is 63.6 Å². The fourth-order valence-corrected chi connectivity index (χ4v) is 4.86. The zero-order valence-corrected chi connectivity index (χ0v) is 16.2. The molecule has 7 heteroatoms. The molecule has 6 nitrogen and oxygen atoms in total. The smallest absolute Gasteiger partial charge is 0.308 e. The second-order valence-electron chi connectivity index (χ2n) is 7.08. The summed E-state index contributed by atoms with van der Waals surface area (Å²) >= 11 is 1.31. The molecule has 1 aromatic heterocycles. The van der Waals surface area contributed by atoms with Gasteiger partial charge in [0, 0.05) is 35.0 Å². The van der Waals surface area contributed by atoms with Gasteiger partial charge in [-0.25, -0.2) is 0 Å². The van der Waals surface area contributed by atoms with Gasteiger partial charge >= 0.3 is 4.87 Å². The molecule has 0 radical (unpaired) electrons. The van der Waals surface area contributed by atoms with Gasteiger partial charge in [0.25, 0.3) is 0 Å². The van der Waals surface area contributed by atoms with Crippen molar-refractivity contribution in [1.82, 2.24) is 4.57 Å². The van der Waals surface area contributed by atoms with Crippen LogP contribution in [0.3, 0.4) is 0 Å². The first kappa shape index (κ1) is 18.3. The highest BCUT2D eigenvalue weighted by atomic mass is 32.1. The second-order valence-corrected chi connectivity index (χ2v) is 8.13. The number of morpholine rings is 1. The first-order valence-corrected chi connectivity index (χ1v) is 10.5. The first-order chi connectivity index (χ1) is 13.2. The number of carbonyl (C=O) groups is 1. The van der Waals surface area contributed by atoms with Gasteiger partial charge in [-0.05, 0) is 49.9 Å². The quantitative estimate of drug-likeness (QED) is 0.820. The number of hydrogen-bond acceptors (Lipinski definition) is 5. The maximum atomic E-state index is 12.5. The molecule has 0 bridgehead atoms. The van der Waals surface area contributed by atoms with Crippen molar-refractivity contribution in [2.45, 2.75) is 38.6 Å². The van der Waals surface area contributed by atoms with E-state index in [4.69, 9.17) is 4.74 Å². The summed E-state index contributed by atoms with van der Waals surface area (Å²) in [6.07, 6.45) is 5.28. The van der Waals surface area contributed by atoms with Gasteiger partial charge in [-0.1, -0.05) is 17.8 Å². The predicted octanol–water partition coefficient (Wildman–Crippen LogP) is 2.65. The minimum Gasteiger partial charge on any atom is -0.378 e. The molecular weight excluding hydrogens is 362 g/mol. The molecule has 1 fully saturated rings. The van der Waals surface area contributed by atoms with E-state index in [1.54, 1.807) is 4.57 Å². The molecule has 4 rings (SSSR count). The number of fused-ring (bicyclic) bond motifs is 1. The number of nitrogens with zero attached hydrogens (tertiary/aromatic N) is 2. The lowest BCUT2D eigenvalue weighted by Crippen LogP contribution is -2.36. The molecule has 0 unspecified atom stereocenters. The largest absolute Gasteiger partial charge is 0.378 e. The van der Waals surface area contributed by atoms with Crippen LogP contribution >= 0.6 is 11.3 Å². The zero-order chi connectivity index (χ0) is 18.6. The number of anilines is 2. The number of ether oxygens (including phenoxy) is 1. The Labute approximate surface area is 162 Å². The Morgan fingerprint density at radius 1 is 1.07 bits per heavy atom. The van der Waals surface area contributed by atoms with E-state index in [0.717, 1.165) is 69.1 Å². The van der Waals surface area contributed by atoms with E-state index < -0.39 is 0 Å². The fraction of sp³-hybridized carbons (Fsp3) is 0.500. The monoisotopic (exact) mass is 387 g/mol. The van der Waals surface area contributed by atoms with E-state index in [1.807, 2.05) is 24.3 Å². The van der Waals surface area contributed by atoms with Gasteiger partial charge < -0.3 is 15.0 Å². The van der Waals surface area contributed by atoms with Crippen LogP contribution in [0.2, 0.25) is 0 Å². The number of aryl methyl sites for hydroxylation is 1. The van der Waals surface area contributed by atoms with Crippen LogP contribution in [0.1, 0.15) is 29.8 Å². The van der Waals surface area contributed by atoms with E-state index >= 15 is 0 Å². The SMILES string of the molecule is O=C(Cn1c2c(sc1=O)CCCCC2)Nc1ccc(N2CCOCC2)cc1. The number of aromatic nitrogens is 1. The number of amides is 1. The van der Waals surface area contributed by atoms with Crippen LogP contribution in [0.25, 0.3) is 0 Å². The molecule has 0 spiro atoms. The molecule has 1 aliphatic heterocycles. The minimum atomic E-state index is -0.152. The summed E-state index contributed by atoms with van der Waals surface area (Å²) in [5.41, 5.74) is 2.96. The number of carbonyl (C=O) groups excluding carboxylic acids is 1. The predicted molar refractivity (Wildman–Crippen MR) is 108 cm³/mol. The van der Waals surface area contributed by atoms with Crippen LogP contribution in [0.5, 0.6) is 0 Å². The van der Waals surface area contributed by atoms with Crippen LogP contribution in [0.15, 0.2) is 29.1 Å². The Balaban J connectivity index is 1.41. The van der Waals surface area contributed by atoms with Crippen molar-refractivity contribution in [3.63, 3.8) is 0 Å². The van der Waals surface area contributed by atoms with Gasteiger partial charge in [0.2, 0.25) is 5.91 Å². The standard InChI is InChI=1S/C20H25N3O3S/c24-19(14-23-17-4-2-1-3-5-18(17)27-20(23)25)21-15-6-8-16(9-7-15)22-10-12-26-13-11-22/h6-9H,1-5,10-14H2,(H,21,24). The van der Waals surface area contributed by atoms with Gasteiger partial charge in [-0.3, -0.25) is 14.2 Å². The van der Waals surface area contributed by atoms with Crippen molar-refractivity contribution < 1.29 is 9.53 Å². The number of thiazole rings is 1. The van der Waals surface area contributed by atoms with E-state index in [0.29, 0.717) is 0 Å². The number of hydrogen-bond donors (Lipinski definition) is 1. The van der Waals surface area contributed by atoms with E-state index in [2.05, 4.69) is 10.2 Å². The van der Waals surface area contributed by atoms with Gasteiger partial charge in [-0.2, -0.15) is 0 Å². The normalized spacial score (nSPS) is 17.3.